The normalized spacial score (nSPS) is 12.5. The average Bonchev–Trinajstić information content (AvgIpc) is 2.97. The van der Waals surface area contributed by atoms with Crippen LogP contribution in [-0.4, -0.2) is 33.5 Å². The van der Waals surface area contributed by atoms with E-state index in [-0.39, 0.29) is 18.6 Å². The van der Waals surface area contributed by atoms with Gasteiger partial charge in [0, 0.05) is 30.6 Å². The first-order valence-electron chi connectivity index (χ1n) is 7.65. The molecule has 1 aromatic heterocycles. The number of aromatic nitrogens is 1. The molecule has 1 amide bonds. The van der Waals surface area contributed by atoms with Gasteiger partial charge in [-0.1, -0.05) is 30.3 Å². The summed E-state index contributed by atoms with van der Waals surface area (Å²) in [4.78, 5) is 18.7. The number of benzene rings is 1. The topological polar surface area (TPSA) is 53.4 Å². The maximum Gasteiger partial charge on any atom is 0.247 e. The number of aliphatic hydroxyl groups is 1. The molecular formula is C18H22N2O2S. The van der Waals surface area contributed by atoms with Gasteiger partial charge in [-0.15, -0.1) is 11.3 Å². The Kier molecular flexibility index (Phi) is 6.50. The van der Waals surface area contributed by atoms with Crippen LogP contribution in [0.5, 0.6) is 0 Å². The van der Waals surface area contributed by atoms with Crippen molar-refractivity contribution in [2.45, 2.75) is 32.9 Å². The van der Waals surface area contributed by atoms with Gasteiger partial charge < -0.3 is 10.0 Å². The molecule has 1 aromatic carbocycles. The number of nitrogens with zero attached hydrogens (tertiary/aromatic N) is 2. The van der Waals surface area contributed by atoms with Gasteiger partial charge in [0.2, 0.25) is 5.91 Å². The van der Waals surface area contributed by atoms with Crippen LogP contribution in [0.25, 0.3) is 6.08 Å². The molecule has 4 nitrogen and oxygen atoms in total. The Morgan fingerprint density at radius 1 is 1.39 bits per heavy atom. The Labute approximate surface area is 141 Å². The summed E-state index contributed by atoms with van der Waals surface area (Å²) in [6, 6.07) is 9.84. The molecule has 0 aliphatic heterocycles. The third-order valence-corrected chi connectivity index (χ3v) is 4.38. The highest BCUT2D eigenvalue weighted by Crippen LogP contribution is 2.13. The monoisotopic (exact) mass is 330 g/mol. The van der Waals surface area contributed by atoms with Gasteiger partial charge in [0.1, 0.15) is 0 Å². The lowest BCUT2D eigenvalue weighted by Crippen LogP contribution is -2.37. The molecule has 1 N–H and O–H groups in total. The van der Waals surface area contributed by atoms with Crippen LogP contribution in [0.2, 0.25) is 0 Å². The highest BCUT2D eigenvalue weighted by atomic mass is 32.1. The second-order valence-electron chi connectivity index (χ2n) is 5.44. The molecule has 1 atom stereocenters. The van der Waals surface area contributed by atoms with E-state index in [2.05, 4.69) is 4.98 Å². The van der Waals surface area contributed by atoms with Gasteiger partial charge in [-0.3, -0.25) is 4.79 Å². The zero-order valence-electron chi connectivity index (χ0n) is 13.5. The molecule has 0 saturated carbocycles. The summed E-state index contributed by atoms with van der Waals surface area (Å²) in [5.74, 6) is -0.0690. The van der Waals surface area contributed by atoms with Crippen LogP contribution in [0.3, 0.4) is 0 Å². The highest BCUT2D eigenvalue weighted by molar-refractivity contribution is 7.09. The molecule has 1 heterocycles. The number of rotatable bonds is 7. The molecule has 122 valence electrons. The lowest BCUT2D eigenvalue weighted by molar-refractivity contribution is -0.128. The Morgan fingerprint density at radius 3 is 2.74 bits per heavy atom. The van der Waals surface area contributed by atoms with Crippen molar-refractivity contribution in [1.82, 2.24) is 9.88 Å². The van der Waals surface area contributed by atoms with Crippen LogP contribution in [0.4, 0.5) is 0 Å². The van der Waals surface area contributed by atoms with Gasteiger partial charge in [0.05, 0.1) is 10.7 Å². The highest BCUT2D eigenvalue weighted by Gasteiger charge is 2.18. The van der Waals surface area contributed by atoms with Crippen molar-refractivity contribution in [2.24, 2.45) is 0 Å². The Bertz CT molecular complexity index is 652. The molecular weight excluding hydrogens is 308 g/mol. The number of amides is 1. The molecule has 23 heavy (non-hydrogen) atoms. The fourth-order valence-corrected chi connectivity index (χ4v) is 2.86. The summed E-state index contributed by atoms with van der Waals surface area (Å²) in [7, 11) is 0. The number of aryl methyl sites for hydroxylation is 1. The van der Waals surface area contributed by atoms with Gasteiger partial charge in [0.25, 0.3) is 0 Å². The number of carbonyl (C=O) groups is 1. The summed E-state index contributed by atoms with van der Waals surface area (Å²) in [6.07, 6.45) is 3.86. The molecule has 0 bridgehead atoms. The van der Waals surface area contributed by atoms with Crippen molar-refractivity contribution >= 4 is 23.3 Å². The van der Waals surface area contributed by atoms with Gasteiger partial charge in [-0.25, -0.2) is 4.98 Å². The predicted octanol–water partition coefficient (Wildman–Crippen LogP) is 3.26. The van der Waals surface area contributed by atoms with Crippen LogP contribution in [0.15, 0.2) is 41.8 Å². The number of aliphatic hydroxyl groups excluding tert-OH is 1. The molecule has 0 aliphatic rings. The minimum absolute atomic E-state index is 0.0328. The number of thiazole rings is 1. The van der Waals surface area contributed by atoms with Crippen LogP contribution in [-0.2, 0) is 11.3 Å². The molecule has 0 saturated heterocycles. The van der Waals surface area contributed by atoms with Crippen molar-refractivity contribution in [3.63, 3.8) is 0 Å². The standard InChI is InChI=1S/C18H22N2O2S/c1-14(10-11-21)20(12-16-6-4-3-5-7-16)18(22)9-8-17-13-23-15(2)19-17/h3-9,13-14,21H,10-12H2,1-2H3/b9-8+. The Morgan fingerprint density at radius 2 is 2.13 bits per heavy atom. The van der Waals surface area contributed by atoms with E-state index >= 15 is 0 Å². The van der Waals surface area contributed by atoms with E-state index in [0.717, 1.165) is 16.3 Å². The molecule has 0 radical (unpaired) electrons. The first kappa shape index (κ1) is 17.4. The fourth-order valence-electron chi connectivity index (χ4n) is 2.28. The van der Waals surface area contributed by atoms with E-state index in [4.69, 9.17) is 0 Å². The van der Waals surface area contributed by atoms with E-state index < -0.39 is 0 Å². The third kappa shape index (κ3) is 5.30. The van der Waals surface area contributed by atoms with Crippen molar-refractivity contribution < 1.29 is 9.90 Å². The van der Waals surface area contributed by atoms with Crippen molar-refractivity contribution in [3.8, 4) is 0 Å². The molecule has 2 rings (SSSR count). The van der Waals surface area contributed by atoms with Crippen molar-refractivity contribution in [1.29, 1.82) is 0 Å². The number of hydrogen-bond donors (Lipinski definition) is 1. The van der Waals surface area contributed by atoms with E-state index in [1.165, 1.54) is 0 Å². The van der Waals surface area contributed by atoms with Crippen LogP contribution in [0.1, 0.15) is 29.6 Å². The largest absolute Gasteiger partial charge is 0.396 e. The summed E-state index contributed by atoms with van der Waals surface area (Å²) >= 11 is 1.56. The van der Waals surface area contributed by atoms with E-state index in [1.807, 2.05) is 49.6 Å². The lowest BCUT2D eigenvalue weighted by Gasteiger charge is -2.28. The quantitative estimate of drug-likeness (QED) is 0.793. The van der Waals surface area contributed by atoms with E-state index in [0.29, 0.717) is 13.0 Å². The minimum atomic E-state index is -0.0690. The maximum atomic E-state index is 12.6. The van der Waals surface area contributed by atoms with Gasteiger partial charge >= 0.3 is 0 Å². The second kappa shape index (κ2) is 8.60. The minimum Gasteiger partial charge on any atom is -0.396 e. The lowest BCUT2D eigenvalue weighted by atomic mass is 10.1. The smallest absolute Gasteiger partial charge is 0.247 e. The first-order chi connectivity index (χ1) is 11.1. The van der Waals surface area contributed by atoms with E-state index in [1.54, 1.807) is 28.4 Å². The molecule has 0 fully saturated rings. The fraction of sp³-hybridized carbons (Fsp3) is 0.333. The summed E-state index contributed by atoms with van der Waals surface area (Å²) in [6.45, 7) is 4.49. The zero-order chi connectivity index (χ0) is 16.7. The molecule has 1 unspecified atom stereocenters. The first-order valence-corrected chi connectivity index (χ1v) is 8.53. The number of carbonyl (C=O) groups excluding carboxylic acids is 1. The van der Waals surface area contributed by atoms with Gasteiger partial charge in [-0.2, -0.15) is 0 Å². The van der Waals surface area contributed by atoms with Crippen LogP contribution in [0, 0.1) is 6.92 Å². The summed E-state index contributed by atoms with van der Waals surface area (Å²) in [5, 5.41) is 12.1. The molecule has 0 spiro atoms. The summed E-state index contributed by atoms with van der Waals surface area (Å²) in [5.41, 5.74) is 1.87. The van der Waals surface area contributed by atoms with Crippen molar-refractivity contribution in [3.05, 3.63) is 58.1 Å². The average molecular weight is 330 g/mol. The van der Waals surface area contributed by atoms with Crippen molar-refractivity contribution in [2.75, 3.05) is 6.61 Å². The maximum absolute atomic E-state index is 12.6. The second-order valence-corrected chi connectivity index (χ2v) is 6.50. The van der Waals surface area contributed by atoms with Gasteiger partial charge in [0.15, 0.2) is 0 Å². The molecule has 5 heteroatoms. The predicted molar refractivity (Wildman–Crippen MR) is 94.0 cm³/mol. The summed E-state index contributed by atoms with van der Waals surface area (Å²) < 4.78 is 0. The Hall–Kier alpha value is -1.98. The van der Waals surface area contributed by atoms with E-state index in [9.17, 15) is 9.90 Å². The zero-order valence-corrected chi connectivity index (χ0v) is 14.3. The van der Waals surface area contributed by atoms with Crippen LogP contribution >= 0.6 is 11.3 Å². The SMILES string of the molecule is Cc1nc(/C=C/C(=O)N(Cc2ccccc2)C(C)CCO)cs1. The third-order valence-electron chi connectivity index (χ3n) is 3.59. The molecule has 0 aliphatic carbocycles. The van der Waals surface area contributed by atoms with Gasteiger partial charge in [-0.05, 0) is 31.9 Å². The number of hydrogen-bond acceptors (Lipinski definition) is 4. The van der Waals surface area contributed by atoms with Crippen LogP contribution < -0.4 is 0 Å². The Balaban J connectivity index is 2.11. The molecule has 2 aromatic rings.